The fraction of sp³-hybridized carbons (Fsp3) is 0.500. The molecule has 1 aromatic rings. The lowest BCUT2D eigenvalue weighted by atomic mass is 10.0. The summed E-state index contributed by atoms with van der Waals surface area (Å²) in [5.74, 6) is -0.149. The molecule has 1 heterocycles. The Morgan fingerprint density at radius 3 is 2.36 bits per heavy atom. The van der Waals surface area contributed by atoms with E-state index in [0.717, 1.165) is 11.1 Å². The molecule has 0 saturated carbocycles. The minimum absolute atomic E-state index is 0.0331. The molecule has 2 rings (SSSR count). The maximum Gasteiger partial charge on any atom is 0.129 e. The van der Waals surface area contributed by atoms with Crippen LogP contribution < -0.4 is 0 Å². The highest BCUT2D eigenvalue weighted by atomic mass is 19.1. The van der Waals surface area contributed by atoms with Gasteiger partial charge in [-0.25, -0.2) is 4.39 Å². The Labute approximate surface area is 84.9 Å². The summed E-state index contributed by atoms with van der Waals surface area (Å²) in [7, 11) is 0. The third kappa shape index (κ3) is 1.80. The van der Waals surface area contributed by atoms with Gasteiger partial charge in [-0.1, -0.05) is 26.0 Å². The van der Waals surface area contributed by atoms with Crippen LogP contribution in [-0.4, -0.2) is 0 Å². The summed E-state index contributed by atoms with van der Waals surface area (Å²) in [6.07, 6.45) is -0.0677. The Balaban J connectivity index is 0.000000461. The molecule has 2 heteroatoms. The van der Waals surface area contributed by atoms with Crippen LogP contribution in [0.4, 0.5) is 4.39 Å². The summed E-state index contributed by atoms with van der Waals surface area (Å²) in [5.41, 5.74) is 1.72. The quantitative estimate of drug-likeness (QED) is 0.609. The molecule has 0 N–H and O–H groups in total. The molecule has 0 fully saturated rings. The molecule has 0 aromatic heterocycles. The van der Waals surface area contributed by atoms with Gasteiger partial charge < -0.3 is 4.74 Å². The van der Waals surface area contributed by atoms with Gasteiger partial charge >= 0.3 is 0 Å². The molecule has 1 aromatic carbocycles. The number of rotatable bonds is 0. The highest BCUT2D eigenvalue weighted by molar-refractivity contribution is 5.34. The van der Waals surface area contributed by atoms with Crippen molar-refractivity contribution in [3.8, 4) is 0 Å². The average molecular weight is 196 g/mol. The van der Waals surface area contributed by atoms with Gasteiger partial charge in [0.05, 0.1) is 12.2 Å². The summed E-state index contributed by atoms with van der Waals surface area (Å²) in [6.45, 7) is 7.83. The first-order chi connectivity index (χ1) is 6.70. The molecule has 0 saturated heterocycles. The first-order valence-electron chi connectivity index (χ1n) is 5.14. The van der Waals surface area contributed by atoms with Crippen LogP contribution in [0, 0.1) is 5.82 Å². The van der Waals surface area contributed by atoms with E-state index in [1.54, 1.807) is 6.07 Å². The minimum atomic E-state index is -0.149. The van der Waals surface area contributed by atoms with Gasteiger partial charge in [-0.05, 0) is 25.5 Å². The molecule has 2 unspecified atom stereocenters. The Morgan fingerprint density at radius 2 is 1.79 bits per heavy atom. The lowest BCUT2D eigenvalue weighted by Gasteiger charge is -2.03. The summed E-state index contributed by atoms with van der Waals surface area (Å²) in [6, 6.07) is 5.13. The third-order valence-corrected chi connectivity index (χ3v) is 2.34. The topological polar surface area (TPSA) is 9.23 Å². The van der Waals surface area contributed by atoms with E-state index in [1.165, 1.54) is 6.07 Å². The van der Waals surface area contributed by atoms with Crippen molar-refractivity contribution in [3.05, 3.63) is 35.1 Å². The smallest absolute Gasteiger partial charge is 0.129 e. The first kappa shape index (κ1) is 11.2. The number of halogens is 1. The fourth-order valence-electron chi connectivity index (χ4n) is 1.78. The monoisotopic (exact) mass is 196 g/mol. The van der Waals surface area contributed by atoms with E-state index in [2.05, 4.69) is 0 Å². The van der Waals surface area contributed by atoms with Crippen LogP contribution >= 0.6 is 0 Å². The van der Waals surface area contributed by atoms with Crippen molar-refractivity contribution in [1.29, 1.82) is 0 Å². The van der Waals surface area contributed by atoms with Crippen LogP contribution in [0.5, 0.6) is 0 Å². The summed E-state index contributed by atoms with van der Waals surface area (Å²) >= 11 is 0. The second-order valence-electron chi connectivity index (χ2n) is 3.16. The third-order valence-electron chi connectivity index (χ3n) is 2.34. The van der Waals surface area contributed by atoms with Crippen molar-refractivity contribution in [2.45, 2.75) is 39.9 Å². The molecule has 0 radical (unpaired) electrons. The van der Waals surface area contributed by atoms with Gasteiger partial charge in [-0.2, -0.15) is 0 Å². The van der Waals surface area contributed by atoms with Crippen LogP contribution in [0.15, 0.2) is 18.2 Å². The molecule has 2 atom stereocenters. The molecule has 78 valence electrons. The highest BCUT2D eigenvalue weighted by Crippen LogP contribution is 2.39. The largest absolute Gasteiger partial charge is 0.366 e. The van der Waals surface area contributed by atoms with Crippen LogP contribution in [-0.2, 0) is 4.74 Å². The van der Waals surface area contributed by atoms with Gasteiger partial charge in [0.25, 0.3) is 0 Å². The molecule has 0 aliphatic carbocycles. The Morgan fingerprint density at radius 1 is 1.14 bits per heavy atom. The lowest BCUT2D eigenvalue weighted by molar-refractivity contribution is 0.0322. The molecule has 1 aliphatic heterocycles. The van der Waals surface area contributed by atoms with Crippen molar-refractivity contribution in [2.75, 3.05) is 0 Å². The molecule has 0 spiro atoms. The normalized spacial score (nSPS) is 23.8. The van der Waals surface area contributed by atoms with Gasteiger partial charge in [0.1, 0.15) is 5.82 Å². The number of fused-ring (bicyclic) bond motifs is 1. The Kier molecular flexibility index (Phi) is 3.64. The number of benzene rings is 1. The molecular weight excluding hydrogens is 179 g/mol. The predicted molar refractivity (Wildman–Crippen MR) is 55.7 cm³/mol. The van der Waals surface area contributed by atoms with E-state index >= 15 is 0 Å². The van der Waals surface area contributed by atoms with Crippen LogP contribution in [0.2, 0.25) is 0 Å². The van der Waals surface area contributed by atoms with Gasteiger partial charge in [-0.3, -0.25) is 0 Å². The molecule has 1 aliphatic rings. The van der Waals surface area contributed by atoms with Gasteiger partial charge in [0.15, 0.2) is 0 Å². The predicted octanol–water partition coefficient (Wildman–Crippen LogP) is 4.00. The van der Waals surface area contributed by atoms with Crippen molar-refractivity contribution in [3.63, 3.8) is 0 Å². The van der Waals surface area contributed by atoms with Gasteiger partial charge in [0, 0.05) is 5.56 Å². The zero-order valence-corrected chi connectivity index (χ0v) is 9.17. The maximum atomic E-state index is 13.2. The summed E-state index contributed by atoms with van der Waals surface area (Å²) < 4.78 is 18.7. The van der Waals surface area contributed by atoms with Gasteiger partial charge in [0.2, 0.25) is 0 Å². The molecule has 14 heavy (non-hydrogen) atoms. The minimum Gasteiger partial charge on any atom is -0.366 e. The summed E-state index contributed by atoms with van der Waals surface area (Å²) in [4.78, 5) is 0. The Bertz CT molecular complexity index is 309. The van der Waals surface area contributed by atoms with E-state index in [-0.39, 0.29) is 18.0 Å². The van der Waals surface area contributed by atoms with E-state index in [1.807, 2.05) is 33.8 Å². The molecule has 0 amide bonds. The molecular formula is C12H17FO. The van der Waals surface area contributed by atoms with E-state index in [0.29, 0.717) is 0 Å². The SMILES string of the molecule is CC.CC1OC(C)c2c(F)cccc21. The second-order valence-corrected chi connectivity index (χ2v) is 3.16. The van der Waals surface area contributed by atoms with E-state index < -0.39 is 0 Å². The van der Waals surface area contributed by atoms with Crippen molar-refractivity contribution in [1.82, 2.24) is 0 Å². The second kappa shape index (κ2) is 4.56. The number of hydrogen-bond donors (Lipinski definition) is 0. The fourth-order valence-corrected chi connectivity index (χ4v) is 1.78. The van der Waals surface area contributed by atoms with Crippen LogP contribution in [0.3, 0.4) is 0 Å². The van der Waals surface area contributed by atoms with E-state index in [9.17, 15) is 4.39 Å². The van der Waals surface area contributed by atoms with Crippen molar-refractivity contribution < 1.29 is 9.13 Å². The standard InChI is InChI=1S/C10H11FO.C2H6/c1-6-8-4-3-5-9(11)10(8)7(2)12-6;1-2/h3-7H,1-2H3;1-2H3. The molecule has 1 nitrogen and oxygen atoms in total. The lowest BCUT2D eigenvalue weighted by Crippen LogP contribution is -1.92. The maximum absolute atomic E-state index is 13.2. The number of hydrogen-bond acceptors (Lipinski definition) is 1. The van der Waals surface area contributed by atoms with Crippen LogP contribution in [0.25, 0.3) is 0 Å². The highest BCUT2D eigenvalue weighted by Gasteiger charge is 2.27. The zero-order valence-electron chi connectivity index (χ0n) is 9.17. The molecule has 0 bridgehead atoms. The number of ether oxygens (including phenoxy) is 1. The average Bonchev–Trinajstić information content (AvgIpc) is 2.47. The van der Waals surface area contributed by atoms with Crippen molar-refractivity contribution >= 4 is 0 Å². The van der Waals surface area contributed by atoms with Crippen molar-refractivity contribution in [2.24, 2.45) is 0 Å². The Hall–Kier alpha value is -0.890. The first-order valence-corrected chi connectivity index (χ1v) is 5.14. The van der Waals surface area contributed by atoms with Gasteiger partial charge in [-0.15, -0.1) is 0 Å². The zero-order chi connectivity index (χ0) is 10.7. The van der Waals surface area contributed by atoms with E-state index in [4.69, 9.17) is 4.74 Å². The summed E-state index contributed by atoms with van der Waals surface area (Å²) in [5, 5.41) is 0. The van der Waals surface area contributed by atoms with Crippen LogP contribution in [0.1, 0.15) is 51.0 Å².